The van der Waals surface area contributed by atoms with Crippen LogP contribution in [-0.2, 0) is 0 Å². The zero-order valence-corrected chi connectivity index (χ0v) is 13.0. The van der Waals surface area contributed by atoms with Gasteiger partial charge in [0.1, 0.15) is 0 Å². The van der Waals surface area contributed by atoms with Crippen LogP contribution in [-0.4, -0.2) is 74.9 Å². The van der Waals surface area contributed by atoms with Crippen LogP contribution in [0.25, 0.3) is 0 Å². The molecule has 0 aliphatic rings. The Balaban J connectivity index is 3.53. The second-order valence-electron chi connectivity index (χ2n) is 5.89. The molecule has 0 aromatic carbocycles. The minimum absolute atomic E-state index is 0.108. The summed E-state index contributed by atoms with van der Waals surface area (Å²) in [6, 6.07) is 0. The summed E-state index contributed by atoms with van der Waals surface area (Å²) >= 11 is 0. The third-order valence-corrected chi connectivity index (χ3v) is 3.62. The fourth-order valence-electron chi connectivity index (χ4n) is 1.95. The Kier molecular flexibility index (Phi) is 9.64. The van der Waals surface area contributed by atoms with E-state index in [1.54, 1.807) is 0 Å². The van der Waals surface area contributed by atoms with Gasteiger partial charge in [0.05, 0.1) is 6.61 Å². The van der Waals surface area contributed by atoms with Gasteiger partial charge in [0.25, 0.3) is 0 Å². The van der Waals surface area contributed by atoms with Crippen LogP contribution in [0.5, 0.6) is 0 Å². The molecule has 0 heterocycles. The maximum absolute atomic E-state index is 9.28. The molecule has 18 heavy (non-hydrogen) atoms. The molecule has 4 heteroatoms. The zero-order valence-electron chi connectivity index (χ0n) is 13.0. The van der Waals surface area contributed by atoms with Crippen molar-refractivity contribution in [3.8, 4) is 0 Å². The molecule has 0 radical (unpaired) electrons. The first-order chi connectivity index (χ1) is 8.43. The van der Waals surface area contributed by atoms with Crippen molar-refractivity contribution in [2.75, 3.05) is 54.4 Å². The van der Waals surface area contributed by atoms with Crippen LogP contribution in [0.4, 0.5) is 0 Å². The van der Waals surface area contributed by atoms with Crippen molar-refractivity contribution in [2.45, 2.75) is 38.1 Å². The predicted octanol–water partition coefficient (Wildman–Crippen LogP) is 1.01. The molecular formula is C14H33N3O. The highest BCUT2D eigenvalue weighted by molar-refractivity contribution is 4.80. The number of aliphatic hydroxyl groups is 1. The van der Waals surface area contributed by atoms with Gasteiger partial charge < -0.3 is 20.2 Å². The molecular weight excluding hydrogens is 226 g/mol. The summed E-state index contributed by atoms with van der Waals surface area (Å²) < 4.78 is 0. The molecule has 0 bridgehead atoms. The molecule has 1 atom stereocenters. The van der Waals surface area contributed by atoms with E-state index in [0.717, 1.165) is 25.9 Å². The van der Waals surface area contributed by atoms with Gasteiger partial charge in [-0.15, -0.1) is 0 Å². The summed E-state index contributed by atoms with van der Waals surface area (Å²) in [5.41, 5.74) is -0.108. The predicted molar refractivity (Wildman–Crippen MR) is 79.1 cm³/mol. The first kappa shape index (κ1) is 17.8. The Morgan fingerprint density at radius 2 is 1.61 bits per heavy atom. The largest absolute Gasteiger partial charge is 0.394 e. The third-order valence-electron chi connectivity index (χ3n) is 3.62. The lowest BCUT2D eigenvalue weighted by atomic mass is 9.96. The second-order valence-corrected chi connectivity index (χ2v) is 5.89. The number of nitrogens with zero attached hydrogens (tertiary/aromatic N) is 2. The van der Waals surface area contributed by atoms with Crippen molar-refractivity contribution in [3.63, 3.8) is 0 Å². The molecule has 0 amide bonds. The summed E-state index contributed by atoms with van der Waals surface area (Å²) in [5.74, 6) is 0. The number of unbranched alkanes of at least 4 members (excludes halogenated alkanes) is 1. The van der Waals surface area contributed by atoms with Gasteiger partial charge in [-0.05, 0) is 74.0 Å². The van der Waals surface area contributed by atoms with Gasteiger partial charge in [0.15, 0.2) is 0 Å². The van der Waals surface area contributed by atoms with Crippen LogP contribution in [0.1, 0.15) is 32.6 Å². The average molecular weight is 259 g/mol. The molecule has 4 nitrogen and oxygen atoms in total. The number of hydrogen-bond acceptors (Lipinski definition) is 4. The Morgan fingerprint density at radius 1 is 1.00 bits per heavy atom. The highest BCUT2D eigenvalue weighted by Gasteiger charge is 2.19. The van der Waals surface area contributed by atoms with Crippen molar-refractivity contribution in [1.82, 2.24) is 15.1 Å². The quantitative estimate of drug-likeness (QED) is 0.543. The highest BCUT2D eigenvalue weighted by atomic mass is 16.3. The molecule has 0 aromatic rings. The molecule has 1 unspecified atom stereocenters. The molecule has 0 saturated carbocycles. The Morgan fingerprint density at radius 3 is 2.11 bits per heavy atom. The van der Waals surface area contributed by atoms with E-state index in [1.807, 2.05) is 7.05 Å². The van der Waals surface area contributed by atoms with E-state index in [0.29, 0.717) is 0 Å². The van der Waals surface area contributed by atoms with Crippen LogP contribution in [0.3, 0.4) is 0 Å². The zero-order chi connectivity index (χ0) is 14.0. The van der Waals surface area contributed by atoms with Gasteiger partial charge in [-0.2, -0.15) is 0 Å². The lowest BCUT2D eigenvalue weighted by molar-refractivity contribution is 0.169. The van der Waals surface area contributed by atoms with Gasteiger partial charge in [-0.3, -0.25) is 0 Å². The summed E-state index contributed by atoms with van der Waals surface area (Å²) in [4.78, 5) is 4.63. The standard InChI is InChI=1S/C14H33N3O/c1-14(13-18,15-2)9-6-7-11-17(5)12-8-10-16(3)4/h15,18H,6-13H2,1-5H3. The topological polar surface area (TPSA) is 38.7 Å². The number of rotatable bonds is 11. The molecule has 110 valence electrons. The first-order valence-electron chi connectivity index (χ1n) is 7.06. The van der Waals surface area contributed by atoms with Crippen LogP contribution < -0.4 is 5.32 Å². The Labute approximate surface area is 113 Å². The second kappa shape index (κ2) is 9.73. The van der Waals surface area contributed by atoms with Crippen LogP contribution in [0, 0.1) is 0 Å². The lowest BCUT2D eigenvalue weighted by Gasteiger charge is -2.27. The summed E-state index contributed by atoms with van der Waals surface area (Å²) in [5, 5.41) is 12.5. The normalized spacial score (nSPS) is 15.3. The minimum Gasteiger partial charge on any atom is -0.394 e. The van der Waals surface area contributed by atoms with E-state index < -0.39 is 0 Å². The molecule has 0 aliphatic heterocycles. The maximum Gasteiger partial charge on any atom is 0.0610 e. The Hall–Kier alpha value is -0.160. The van der Waals surface area contributed by atoms with Crippen molar-refractivity contribution in [2.24, 2.45) is 0 Å². The van der Waals surface area contributed by atoms with E-state index in [2.05, 4.69) is 43.2 Å². The van der Waals surface area contributed by atoms with Gasteiger partial charge in [0.2, 0.25) is 0 Å². The summed E-state index contributed by atoms with van der Waals surface area (Å²) in [7, 11) is 8.35. The summed E-state index contributed by atoms with van der Waals surface area (Å²) in [6.07, 6.45) is 4.63. The molecule has 0 aliphatic carbocycles. The van der Waals surface area contributed by atoms with Gasteiger partial charge in [-0.1, -0.05) is 6.42 Å². The first-order valence-corrected chi connectivity index (χ1v) is 7.06. The van der Waals surface area contributed by atoms with Crippen molar-refractivity contribution >= 4 is 0 Å². The molecule has 0 saturated heterocycles. The number of hydrogen-bond donors (Lipinski definition) is 2. The fraction of sp³-hybridized carbons (Fsp3) is 1.00. The van der Waals surface area contributed by atoms with Crippen LogP contribution in [0.2, 0.25) is 0 Å². The lowest BCUT2D eigenvalue weighted by Crippen LogP contribution is -2.43. The average Bonchev–Trinajstić information content (AvgIpc) is 2.34. The number of aliphatic hydroxyl groups excluding tert-OH is 1. The van der Waals surface area contributed by atoms with Crippen LogP contribution in [0.15, 0.2) is 0 Å². The smallest absolute Gasteiger partial charge is 0.0610 e. The number of likely N-dealkylation sites (N-methyl/N-ethyl adjacent to an activating group) is 1. The highest BCUT2D eigenvalue weighted by Crippen LogP contribution is 2.12. The molecule has 0 fully saturated rings. The van der Waals surface area contributed by atoms with Gasteiger partial charge in [0, 0.05) is 5.54 Å². The van der Waals surface area contributed by atoms with Crippen molar-refractivity contribution in [3.05, 3.63) is 0 Å². The van der Waals surface area contributed by atoms with E-state index in [-0.39, 0.29) is 12.1 Å². The molecule has 2 N–H and O–H groups in total. The molecule has 0 rings (SSSR count). The minimum atomic E-state index is -0.108. The monoisotopic (exact) mass is 259 g/mol. The van der Waals surface area contributed by atoms with E-state index >= 15 is 0 Å². The third kappa shape index (κ3) is 8.86. The SMILES string of the molecule is CNC(C)(CO)CCCCN(C)CCCN(C)C. The maximum atomic E-state index is 9.28. The number of nitrogens with one attached hydrogen (secondary N) is 1. The van der Waals surface area contributed by atoms with Gasteiger partial charge >= 0.3 is 0 Å². The van der Waals surface area contributed by atoms with Crippen molar-refractivity contribution in [1.29, 1.82) is 0 Å². The Bertz CT molecular complexity index is 193. The fourth-order valence-corrected chi connectivity index (χ4v) is 1.95. The molecule has 0 aromatic heterocycles. The van der Waals surface area contributed by atoms with Gasteiger partial charge in [-0.25, -0.2) is 0 Å². The van der Waals surface area contributed by atoms with E-state index in [4.69, 9.17) is 0 Å². The van der Waals surface area contributed by atoms with E-state index in [1.165, 1.54) is 19.4 Å². The summed E-state index contributed by atoms with van der Waals surface area (Å²) in [6.45, 7) is 5.77. The molecule has 0 spiro atoms. The van der Waals surface area contributed by atoms with Crippen molar-refractivity contribution < 1.29 is 5.11 Å². The van der Waals surface area contributed by atoms with Crippen LogP contribution >= 0.6 is 0 Å². The van der Waals surface area contributed by atoms with E-state index in [9.17, 15) is 5.11 Å².